The molecule has 1 spiro atoms. The van der Waals surface area contributed by atoms with Crippen LogP contribution in [0.1, 0.15) is 54.0 Å². The summed E-state index contributed by atoms with van der Waals surface area (Å²) >= 11 is 0. The summed E-state index contributed by atoms with van der Waals surface area (Å²) in [6.45, 7) is 16.4. The maximum atomic E-state index is 4.29. The maximum absolute atomic E-state index is 4.29. The van der Waals surface area contributed by atoms with Gasteiger partial charge in [-0.2, -0.15) is 0 Å². The molecule has 1 nitrogen and oxygen atoms in total. The molecule has 0 N–H and O–H groups in total. The number of rotatable bonds is 1. The van der Waals surface area contributed by atoms with Crippen molar-refractivity contribution in [3.05, 3.63) is 106 Å². The normalized spacial score (nSPS) is 30.4. The standard InChI is InChI=1S/C30H31N/c1-27(2,3)19-12-21-14-23(18-8-10-31-11-9-18)24-15-20(28(4,5)6)13-22-17-26-25(16-19)29(21,7)30(22,24)26/h8-17H,1-7H3/t29-,30+/m1/s1. The van der Waals surface area contributed by atoms with Crippen molar-refractivity contribution in [1.82, 2.24) is 4.98 Å². The highest BCUT2D eigenvalue weighted by Gasteiger charge is 2.71. The smallest absolute Gasteiger partial charge is 0.0595 e. The number of allylic oxidation sites excluding steroid dienone is 14. The fourth-order valence-electron chi connectivity index (χ4n) is 6.33. The number of aromatic nitrogens is 1. The molecule has 0 saturated heterocycles. The van der Waals surface area contributed by atoms with Crippen LogP contribution in [0.5, 0.6) is 0 Å². The monoisotopic (exact) mass is 405 g/mol. The molecule has 0 unspecified atom stereocenters. The van der Waals surface area contributed by atoms with Crippen LogP contribution in [0.3, 0.4) is 0 Å². The van der Waals surface area contributed by atoms with Crippen molar-refractivity contribution in [3.63, 3.8) is 0 Å². The number of nitrogens with zero attached hydrogens (tertiary/aromatic N) is 1. The molecule has 1 heterocycles. The predicted molar refractivity (Wildman–Crippen MR) is 129 cm³/mol. The van der Waals surface area contributed by atoms with Gasteiger partial charge in [-0.05, 0) is 86.1 Å². The molecule has 0 fully saturated rings. The topological polar surface area (TPSA) is 12.9 Å². The molecule has 2 atom stereocenters. The Morgan fingerprint density at radius 3 is 1.97 bits per heavy atom. The summed E-state index contributed by atoms with van der Waals surface area (Å²) in [6.07, 6.45) is 18.7. The van der Waals surface area contributed by atoms with E-state index in [2.05, 4.69) is 102 Å². The molecule has 6 rings (SSSR count). The first-order valence-corrected chi connectivity index (χ1v) is 11.5. The van der Waals surface area contributed by atoms with E-state index in [9.17, 15) is 0 Å². The van der Waals surface area contributed by atoms with Gasteiger partial charge in [0.2, 0.25) is 0 Å². The SMILES string of the molecule is CC(C)(C)C1=CC2=CC3=C4C=C(C(C)(C)C)C=C5C=C(c6ccncc6)C(=C1)[C@@]23[C@]54C. The van der Waals surface area contributed by atoms with Gasteiger partial charge in [-0.1, -0.05) is 71.9 Å². The molecule has 0 radical (unpaired) electrons. The molecule has 5 aliphatic rings. The first-order valence-electron chi connectivity index (χ1n) is 11.5. The molecular formula is C30H31N. The molecule has 0 bridgehead atoms. The molecule has 0 aliphatic heterocycles. The highest BCUT2D eigenvalue weighted by molar-refractivity contribution is 5.96. The van der Waals surface area contributed by atoms with Gasteiger partial charge in [0.15, 0.2) is 0 Å². The minimum atomic E-state index is 0.0101. The minimum Gasteiger partial charge on any atom is -0.265 e. The fraction of sp³-hybridized carbons (Fsp3) is 0.367. The van der Waals surface area contributed by atoms with E-state index in [-0.39, 0.29) is 21.7 Å². The lowest BCUT2D eigenvalue weighted by Gasteiger charge is -2.70. The lowest BCUT2D eigenvalue weighted by molar-refractivity contribution is 0.202. The highest BCUT2D eigenvalue weighted by atomic mass is 14.7. The second-order valence-electron chi connectivity index (χ2n) is 12.0. The van der Waals surface area contributed by atoms with Gasteiger partial charge in [0, 0.05) is 17.8 Å². The van der Waals surface area contributed by atoms with Crippen molar-refractivity contribution >= 4 is 5.57 Å². The van der Waals surface area contributed by atoms with Gasteiger partial charge >= 0.3 is 0 Å². The summed E-state index contributed by atoms with van der Waals surface area (Å²) in [4.78, 5) is 4.29. The van der Waals surface area contributed by atoms with E-state index in [1.54, 1.807) is 0 Å². The molecular weight excluding hydrogens is 374 g/mol. The van der Waals surface area contributed by atoms with Crippen LogP contribution < -0.4 is 0 Å². The highest BCUT2D eigenvalue weighted by Crippen LogP contribution is 2.81. The molecule has 0 aromatic carbocycles. The Labute approximate surface area is 186 Å². The van der Waals surface area contributed by atoms with E-state index in [0.717, 1.165) is 0 Å². The number of hydrogen-bond acceptors (Lipinski definition) is 1. The van der Waals surface area contributed by atoms with E-state index in [4.69, 9.17) is 0 Å². The summed E-state index contributed by atoms with van der Waals surface area (Å²) in [7, 11) is 0. The van der Waals surface area contributed by atoms with Crippen molar-refractivity contribution in [1.29, 1.82) is 0 Å². The van der Waals surface area contributed by atoms with E-state index in [1.807, 2.05) is 12.4 Å². The van der Waals surface area contributed by atoms with Crippen molar-refractivity contribution in [2.24, 2.45) is 21.7 Å². The molecule has 156 valence electrons. The van der Waals surface area contributed by atoms with Crippen molar-refractivity contribution in [2.75, 3.05) is 0 Å². The van der Waals surface area contributed by atoms with Gasteiger partial charge < -0.3 is 0 Å². The Hall–Kier alpha value is -2.67. The van der Waals surface area contributed by atoms with Crippen LogP contribution in [0.25, 0.3) is 5.57 Å². The van der Waals surface area contributed by atoms with Crippen molar-refractivity contribution < 1.29 is 0 Å². The van der Waals surface area contributed by atoms with Crippen LogP contribution in [0.2, 0.25) is 0 Å². The Balaban J connectivity index is 1.69. The van der Waals surface area contributed by atoms with Gasteiger partial charge in [-0.15, -0.1) is 0 Å². The zero-order valence-electron chi connectivity index (χ0n) is 19.7. The first-order chi connectivity index (χ1) is 14.5. The van der Waals surface area contributed by atoms with Crippen LogP contribution in [-0.2, 0) is 0 Å². The molecule has 0 amide bonds. The molecule has 1 aromatic heterocycles. The van der Waals surface area contributed by atoms with Crippen LogP contribution in [0.15, 0.2) is 100.0 Å². The van der Waals surface area contributed by atoms with Gasteiger partial charge in [-0.3, -0.25) is 4.98 Å². The van der Waals surface area contributed by atoms with Crippen molar-refractivity contribution in [3.8, 4) is 0 Å². The number of pyridine rings is 1. The Kier molecular flexibility index (Phi) is 3.31. The van der Waals surface area contributed by atoms with Crippen LogP contribution >= 0.6 is 0 Å². The van der Waals surface area contributed by atoms with Gasteiger partial charge in [0.1, 0.15) is 0 Å². The van der Waals surface area contributed by atoms with E-state index in [0.29, 0.717) is 0 Å². The maximum Gasteiger partial charge on any atom is 0.0595 e. The average Bonchev–Trinajstić information content (AvgIpc) is 2.68. The van der Waals surface area contributed by atoms with Crippen LogP contribution in [0.4, 0.5) is 0 Å². The minimum absolute atomic E-state index is 0.0101. The summed E-state index contributed by atoms with van der Waals surface area (Å²) in [5, 5.41) is 0. The predicted octanol–water partition coefficient (Wildman–Crippen LogP) is 7.55. The Morgan fingerprint density at radius 2 is 1.32 bits per heavy atom. The summed E-state index contributed by atoms with van der Waals surface area (Å²) in [5.41, 5.74) is 13.3. The van der Waals surface area contributed by atoms with Crippen molar-refractivity contribution in [2.45, 2.75) is 48.5 Å². The fourth-order valence-corrected chi connectivity index (χ4v) is 6.33. The van der Waals surface area contributed by atoms with E-state index >= 15 is 0 Å². The molecule has 1 aromatic rings. The quantitative estimate of drug-likeness (QED) is 0.470. The molecule has 31 heavy (non-hydrogen) atoms. The summed E-state index contributed by atoms with van der Waals surface area (Å²) in [5.74, 6) is 0. The lowest BCUT2D eigenvalue weighted by Crippen LogP contribution is -2.61. The summed E-state index contributed by atoms with van der Waals surface area (Å²) in [6, 6.07) is 4.33. The second-order valence-corrected chi connectivity index (χ2v) is 12.0. The van der Waals surface area contributed by atoms with Crippen LogP contribution in [-0.4, -0.2) is 4.98 Å². The molecule has 1 heteroatoms. The second kappa shape index (κ2) is 5.38. The Bertz CT molecular complexity index is 1270. The average molecular weight is 406 g/mol. The first kappa shape index (κ1) is 19.0. The third-order valence-electron chi connectivity index (χ3n) is 8.23. The summed E-state index contributed by atoms with van der Waals surface area (Å²) < 4.78 is 0. The van der Waals surface area contributed by atoms with Gasteiger partial charge in [0.25, 0.3) is 0 Å². The van der Waals surface area contributed by atoms with E-state index < -0.39 is 0 Å². The van der Waals surface area contributed by atoms with Gasteiger partial charge in [-0.25, -0.2) is 0 Å². The zero-order chi connectivity index (χ0) is 22.0. The largest absolute Gasteiger partial charge is 0.265 e. The Morgan fingerprint density at radius 1 is 0.677 bits per heavy atom. The molecule has 5 aliphatic carbocycles. The van der Waals surface area contributed by atoms with Crippen LogP contribution in [0, 0.1) is 21.7 Å². The number of hydrogen-bond donors (Lipinski definition) is 0. The van der Waals surface area contributed by atoms with Gasteiger partial charge in [0.05, 0.1) is 5.41 Å². The third kappa shape index (κ3) is 2.06. The van der Waals surface area contributed by atoms with E-state index in [1.165, 1.54) is 50.1 Å². The zero-order valence-corrected chi connectivity index (χ0v) is 19.7. The third-order valence-corrected chi connectivity index (χ3v) is 8.23. The lowest BCUT2D eigenvalue weighted by atomic mass is 9.31. The molecule has 0 saturated carbocycles.